The number of hydrogen-bond donors (Lipinski definition) is 2. The first-order valence-electron chi connectivity index (χ1n) is 12.8. The van der Waals surface area contributed by atoms with Crippen molar-refractivity contribution in [3.8, 4) is 11.4 Å². The Kier molecular flexibility index (Phi) is 8.05. The summed E-state index contributed by atoms with van der Waals surface area (Å²) in [6.07, 6.45) is 1.13. The molecule has 1 atom stereocenters. The molecule has 0 spiro atoms. The molecule has 2 aliphatic rings. The lowest BCUT2D eigenvalue weighted by Gasteiger charge is -2.35. The third-order valence-corrected chi connectivity index (χ3v) is 9.90. The molecular formula is C26H38N6O4S. The van der Waals surface area contributed by atoms with Gasteiger partial charge in [0.1, 0.15) is 10.6 Å². The Hall–Kier alpha value is -2.76. The number of carbonyl (C=O) groups excluding carboxylic acids is 1. The molecule has 1 aromatic carbocycles. The molecule has 11 heteroatoms. The maximum absolute atomic E-state index is 13.3. The van der Waals surface area contributed by atoms with Gasteiger partial charge in [0.05, 0.1) is 30.2 Å². The number of nitrogens with zero attached hydrogens (tertiary/aromatic N) is 4. The van der Waals surface area contributed by atoms with Gasteiger partial charge in [0.25, 0.3) is 0 Å². The number of rotatable bonds is 9. The zero-order valence-corrected chi connectivity index (χ0v) is 23.1. The molecule has 2 N–H and O–H groups in total. The third kappa shape index (κ3) is 5.89. The Morgan fingerprint density at radius 2 is 1.92 bits per heavy atom. The van der Waals surface area contributed by atoms with Gasteiger partial charge in [-0.25, -0.2) is 23.2 Å². The summed E-state index contributed by atoms with van der Waals surface area (Å²) in [5, 5.41) is 5.16. The molecule has 0 radical (unpaired) electrons. The largest absolute Gasteiger partial charge is 0.377 e. The first kappa shape index (κ1) is 27.3. The molecule has 10 nitrogen and oxygen atoms in total. The molecular weight excluding hydrogens is 492 g/mol. The van der Waals surface area contributed by atoms with Crippen molar-refractivity contribution < 1.29 is 17.9 Å². The number of ether oxygens (including phenoxy) is 1. The number of anilines is 2. The van der Waals surface area contributed by atoms with E-state index < -0.39 is 19.8 Å². The third-order valence-electron chi connectivity index (χ3n) is 6.96. The minimum Gasteiger partial charge on any atom is -0.377 e. The number of aromatic nitrogens is 2. The Bertz CT molecular complexity index is 1210. The van der Waals surface area contributed by atoms with Crippen molar-refractivity contribution in [1.29, 1.82) is 0 Å². The smallest absolute Gasteiger partial charge is 0.319 e. The second kappa shape index (κ2) is 10.9. The van der Waals surface area contributed by atoms with Crippen LogP contribution in [0.2, 0.25) is 0 Å². The number of hydrogen-bond acceptors (Lipinski definition) is 8. The Balaban J connectivity index is 1.64. The average Bonchev–Trinajstić information content (AvgIpc) is 3.67. The molecule has 1 aliphatic carbocycles. The van der Waals surface area contributed by atoms with Crippen LogP contribution in [0.15, 0.2) is 30.3 Å². The van der Waals surface area contributed by atoms with E-state index in [1.54, 1.807) is 26.0 Å². The number of carbonyl (C=O) groups is 1. The summed E-state index contributed by atoms with van der Waals surface area (Å²) in [4.78, 5) is 26.0. The van der Waals surface area contributed by atoms with Crippen molar-refractivity contribution in [1.82, 2.24) is 20.2 Å². The molecule has 0 bridgehead atoms. The minimum absolute atomic E-state index is 0.110. The van der Waals surface area contributed by atoms with Gasteiger partial charge in [-0.05, 0) is 72.0 Å². The van der Waals surface area contributed by atoms with E-state index in [1.165, 1.54) is 0 Å². The van der Waals surface area contributed by atoms with Gasteiger partial charge >= 0.3 is 6.03 Å². The predicted octanol–water partition coefficient (Wildman–Crippen LogP) is 2.86. The number of sulfone groups is 1. The molecule has 37 heavy (non-hydrogen) atoms. The van der Waals surface area contributed by atoms with Crippen molar-refractivity contribution in [3.63, 3.8) is 0 Å². The number of morpholine rings is 1. The Morgan fingerprint density at radius 3 is 2.51 bits per heavy atom. The van der Waals surface area contributed by atoms with Crippen LogP contribution in [0.3, 0.4) is 0 Å². The van der Waals surface area contributed by atoms with E-state index in [0.717, 1.165) is 12.1 Å². The molecule has 0 unspecified atom stereocenters. The van der Waals surface area contributed by atoms with Crippen molar-refractivity contribution in [3.05, 3.63) is 36.0 Å². The Labute approximate surface area is 219 Å². The highest BCUT2D eigenvalue weighted by Crippen LogP contribution is 2.54. The molecule has 2 amide bonds. The van der Waals surface area contributed by atoms with Crippen LogP contribution in [-0.4, -0.2) is 87.6 Å². The zero-order valence-electron chi connectivity index (χ0n) is 22.3. The predicted molar refractivity (Wildman–Crippen MR) is 146 cm³/mol. The van der Waals surface area contributed by atoms with Gasteiger partial charge in [-0.2, -0.15) is 0 Å². The number of likely N-dealkylation sites (N-methyl/N-ethyl adjacent to an activating group) is 1. The minimum atomic E-state index is -3.40. The SMILES string of the molecule is CC(C)S(=O)(=O)C1(c2cc(N3CCOC[C@@H]3C)nc(-c3ccc(NC(=O)NCCN(C)C)cc3)n2)CC1. The van der Waals surface area contributed by atoms with Crippen LogP contribution in [0.5, 0.6) is 0 Å². The van der Waals surface area contributed by atoms with E-state index in [1.807, 2.05) is 37.2 Å². The van der Waals surface area contributed by atoms with Gasteiger partial charge in [-0.1, -0.05) is 0 Å². The van der Waals surface area contributed by atoms with Gasteiger partial charge in [-0.3, -0.25) is 0 Å². The van der Waals surface area contributed by atoms with E-state index in [2.05, 4.69) is 22.5 Å². The molecule has 1 aromatic heterocycles. The van der Waals surface area contributed by atoms with Gasteiger partial charge < -0.3 is 25.2 Å². The van der Waals surface area contributed by atoms with Gasteiger partial charge in [0.2, 0.25) is 0 Å². The molecule has 1 aliphatic heterocycles. The standard InChI is InChI=1S/C26H38N6O4S/c1-18(2)37(34,35)26(10-11-26)22-16-23(32-14-15-36-17-19(32)3)30-24(29-22)20-6-8-21(9-7-20)28-25(33)27-12-13-31(4)5/h6-9,16,18-19H,10-15,17H2,1-5H3,(H2,27,28,33)/t19-/m0/s1. The topological polar surface area (TPSA) is 117 Å². The van der Waals surface area contributed by atoms with Crippen LogP contribution in [-0.2, 0) is 19.3 Å². The monoisotopic (exact) mass is 530 g/mol. The van der Waals surface area contributed by atoms with Crippen molar-refractivity contribution in [2.24, 2.45) is 0 Å². The molecule has 202 valence electrons. The highest BCUT2D eigenvalue weighted by Gasteiger charge is 2.58. The van der Waals surface area contributed by atoms with E-state index >= 15 is 0 Å². The van der Waals surface area contributed by atoms with Crippen molar-refractivity contribution in [2.75, 3.05) is 57.2 Å². The lowest BCUT2D eigenvalue weighted by atomic mass is 10.1. The number of nitrogens with one attached hydrogen (secondary N) is 2. The fraction of sp³-hybridized carbons (Fsp3) is 0.577. The van der Waals surface area contributed by atoms with Gasteiger partial charge in [0.15, 0.2) is 15.7 Å². The van der Waals surface area contributed by atoms with E-state index in [4.69, 9.17) is 14.7 Å². The number of urea groups is 1. The quantitative estimate of drug-likeness (QED) is 0.508. The first-order valence-corrected chi connectivity index (χ1v) is 14.4. The maximum Gasteiger partial charge on any atom is 0.319 e. The molecule has 2 fully saturated rings. The van der Waals surface area contributed by atoms with E-state index in [-0.39, 0.29) is 12.1 Å². The molecule has 2 aromatic rings. The molecule has 4 rings (SSSR count). The number of amides is 2. The fourth-order valence-electron chi connectivity index (χ4n) is 4.53. The highest BCUT2D eigenvalue weighted by atomic mass is 32.2. The molecule has 1 saturated carbocycles. The van der Waals surface area contributed by atoms with Crippen LogP contribution in [0, 0.1) is 0 Å². The zero-order chi connectivity index (χ0) is 26.8. The summed E-state index contributed by atoms with van der Waals surface area (Å²) in [7, 11) is 0.494. The van der Waals surface area contributed by atoms with Crippen LogP contribution in [0.25, 0.3) is 11.4 Å². The average molecular weight is 531 g/mol. The lowest BCUT2D eigenvalue weighted by Crippen LogP contribution is -2.44. The first-order chi connectivity index (χ1) is 17.5. The fourth-order valence-corrected chi connectivity index (χ4v) is 6.50. The second-order valence-corrected chi connectivity index (χ2v) is 13.2. The van der Waals surface area contributed by atoms with E-state index in [9.17, 15) is 13.2 Å². The molecule has 1 saturated heterocycles. The van der Waals surface area contributed by atoms with E-state index in [0.29, 0.717) is 62.2 Å². The van der Waals surface area contributed by atoms with Crippen LogP contribution >= 0.6 is 0 Å². The van der Waals surface area contributed by atoms with Gasteiger partial charge in [-0.15, -0.1) is 0 Å². The number of benzene rings is 1. The summed E-state index contributed by atoms with van der Waals surface area (Å²) in [6, 6.07) is 8.98. The lowest BCUT2D eigenvalue weighted by molar-refractivity contribution is 0.0985. The van der Waals surface area contributed by atoms with Crippen LogP contribution in [0.1, 0.15) is 39.3 Å². The normalized spacial score (nSPS) is 19.2. The Morgan fingerprint density at radius 1 is 1.22 bits per heavy atom. The summed E-state index contributed by atoms with van der Waals surface area (Å²) in [5.41, 5.74) is 1.95. The van der Waals surface area contributed by atoms with Crippen LogP contribution < -0.4 is 15.5 Å². The summed E-state index contributed by atoms with van der Waals surface area (Å²) < 4.78 is 31.3. The summed E-state index contributed by atoms with van der Waals surface area (Å²) in [5.74, 6) is 1.18. The molecule has 2 heterocycles. The van der Waals surface area contributed by atoms with Crippen molar-refractivity contribution >= 4 is 27.4 Å². The summed E-state index contributed by atoms with van der Waals surface area (Å²) in [6.45, 7) is 8.66. The highest BCUT2D eigenvalue weighted by molar-refractivity contribution is 7.93. The van der Waals surface area contributed by atoms with Crippen LogP contribution in [0.4, 0.5) is 16.3 Å². The summed E-state index contributed by atoms with van der Waals surface area (Å²) >= 11 is 0. The second-order valence-electron chi connectivity index (χ2n) is 10.4. The maximum atomic E-state index is 13.3. The van der Waals surface area contributed by atoms with Gasteiger partial charge in [0, 0.05) is 37.0 Å². The van der Waals surface area contributed by atoms with Crippen molar-refractivity contribution in [2.45, 2.75) is 49.7 Å².